The summed E-state index contributed by atoms with van der Waals surface area (Å²) < 4.78 is 36.6. The fraction of sp³-hybridized carbons (Fsp3) is 0.263. The number of rotatable bonds is 5. The number of hydrogen-bond acceptors (Lipinski definition) is 8. The Kier molecular flexibility index (Phi) is 6.47. The number of nitrogens with zero attached hydrogens (tertiary/aromatic N) is 4. The van der Waals surface area contributed by atoms with Gasteiger partial charge in [0.15, 0.2) is 5.75 Å². The number of nitriles is 1. The maximum absolute atomic E-state index is 12.8. The molecule has 3 aromatic rings. The Morgan fingerprint density at radius 2 is 1.91 bits per heavy atom. The van der Waals surface area contributed by atoms with E-state index in [1.54, 1.807) is 6.07 Å². The Bertz CT molecular complexity index is 1470. The second-order valence-electron chi connectivity index (χ2n) is 7.00. The zero-order valence-corrected chi connectivity index (χ0v) is 18.3. The maximum Gasteiger partial charge on any atom is 0.349 e. The summed E-state index contributed by atoms with van der Waals surface area (Å²) in [6.45, 7) is -3.07. The van der Waals surface area contributed by atoms with Crippen LogP contribution in [0, 0.1) is 11.3 Å². The summed E-state index contributed by atoms with van der Waals surface area (Å²) in [5.41, 5.74) is -2.87. The van der Waals surface area contributed by atoms with E-state index in [9.17, 15) is 23.2 Å². The second-order valence-corrected chi connectivity index (χ2v) is 7.81. The van der Waals surface area contributed by atoms with Gasteiger partial charge in [0.1, 0.15) is 6.07 Å². The number of fused-ring (bicyclic) bond motifs is 1. The number of hydrogen-bond donors (Lipinski definition) is 2. The summed E-state index contributed by atoms with van der Waals surface area (Å²) in [5.74, 6) is -0.219. The summed E-state index contributed by atoms with van der Waals surface area (Å²) in [6, 6.07) is 4.02. The highest BCUT2D eigenvalue weighted by molar-refractivity contribution is 6.37. The molecule has 0 amide bonds. The van der Waals surface area contributed by atoms with Gasteiger partial charge in [0.2, 0.25) is 11.6 Å². The average Bonchev–Trinajstić information content (AvgIpc) is 2.77. The van der Waals surface area contributed by atoms with Crippen LogP contribution in [0.25, 0.3) is 5.69 Å². The first kappa shape index (κ1) is 23.6. The molecular formula is C19H12Cl2F2N6O5. The molecule has 2 aromatic heterocycles. The Morgan fingerprint density at radius 3 is 2.56 bits per heavy atom. The van der Waals surface area contributed by atoms with E-state index in [4.69, 9.17) is 33.2 Å². The molecule has 0 fully saturated rings. The highest BCUT2D eigenvalue weighted by Gasteiger charge is 2.30. The summed E-state index contributed by atoms with van der Waals surface area (Å²) >= 11 is 12.6. The topological polar surface area (TPSA) is 156 Å². The summed E-state index contributed by atoms with van der Waals surface area (Å²) in [6.07, 6.45) is -0.176. The lowest BCUT2D eigenvalue weighted by Gasteiger charge is -2.25. The fourth-order valence-electron chi connectivity index (χ4n) is 3.53. The van der Waals surface area contributed by atoms with Gasteiger partial charge in [0.25, 0.3) is 11.1 Å². The Balaban J connectivity index is 1.75. The molecule has 1 unspecified atom stereocenters. The van der Waals surface area contributed by atoms with Crippen molar-refractivity contribution >= 4 is 23.2 Å². The van der Waals surface area contributed by atoms with Gasteiger partial charge in [-0.25, -0.2) is 9.89 Å². The number of aromatic nitrogens is 5. The molecule has 2 heterocycles. The van der Waals surface area contributed by atoms with E-state index in [1.807, 2.05) is 4.98 Å². The Hall–Kier alpha value is -3.60. The van der Waals surface area contributed by atoms with Crippen molar-refractivity contribution < 1.29 is 18.3 Å². The SMILES string of the molecule is N#Cc1nn(-c2cc(Cl)c(Oc3n[nH]c(=O)c4c3CCCC4OC(F)F)c(Cl)c2)c(=O)[nH]c1=O. The predicted octanol–water partition coefficient (Wildman–Crippen LogP) is 2.59. The highest BCUT2D eigenvalue weighted by Crippen LogP contribution is 2.41. The lowest BCUT2D eigenvalue weighted by atomic mass is 9.91. The van der Waals surface area contributed by atoms with Gasteiger partial charge < -0.3 is 9.47 Å². The minimum Gasteiger partial charge on any atom is -0.434 e. The molecule has 1 aliphatic rings. The zero-order chi connectivity index (χ0) is 24.6. The van der Waals surface area contributed by atoms with Crippen LogP contribution in [0.2, 0.25) is 10.0 Å². The van der Waals surface area contributed by atoms with Gasteiger partial charge in [-0.1, -0.05) is 23.2 Å². The van der Waals surface area contributed by atoms with Crippen LogP contribution in [0.5, 0.6) is 11.6 Å². The molecule has 1 aromatic carbocycles. The molecule has 4 rings (SSSR count). The maximum atomic E-state index is 12.8. The number of benzene rings is 1. The molecular weight excluding hydrogens is 501 g/mol. The summed E-state index contributed by atoms with van der Waals surface area (Å²) in [4.78, 5) is 37.9. The molecule has 0 saturated carbocycles. The molecule has 15 heteroatoms. The number of nitrogens with one attached hydrogen (secondary N) is 2. The van der Waals surface area contributed by atoms with Crippen molar-refractivity contribution in [3.8, 4) is 23.4 Å². The van der Waals surface area contributed by atoms with E-state index in [1.165, 1.54) is 12.1 Å². The average molecular weight is 513 g/mol. The molecule has 0 aliphatic heterocycles. The van der Waals surface area contributed by atoms with E-state index >= 15 is 0 Å². The standard InChI is InChI=1S/C19H12Cl2F2N6O5/c20-9-4-7(29-19(32)25-15(30)11(6-24)28-29)5-10(21)14(9)34-17-8-2-1-3-12(33-18(22)23)13(8)16(31)26-27-17/h4-5,12,18H,1-3H2,(H,26,31)(H,25,30,32). The van der Waals surface area contributed by atoms with Crippen LogP contribution < -0.4 is 21.5 Å². The molecule has 0 radical (unpaired) electrons. The van der Waals surface area contributed by atoms with Gasteiger partial charge in [-0.3, -0.25) is 14.6 Å². The molecule has 1 aliphatic carbocycles. The predicted molar refractivity (Wildman–Crippen MR) is 113 cm³/mol. The van der Waals surface area contributed by atoms with Gasteiger partial charge in [-0.15, -0.1) is 10.2 Å². The van der Waals surface area contributed by atoms with E-state index in [2.05, 4.69) is 20.0 Å². The quantitative estimate of drug-likeness (QED) is 0.528. The largest absolute Gasteiger partial charge is 0.434 e. The molecule has 176 valence electrons. The van der Waals surface area contributed by atoms with Crippen molar-refractivity contribution in [3.05, 3.63) is 70.2 Å². The van der Waals surface area contributed by atoms with E-state index in [0.717, 1.165) is 0 Å². The third kappa shape index (κ3) is 4.43. The fourth-order valence-corrected chi connectivity index (χ4v) is 4.08. The van der Waals surface area contributed by atoms with Gasteiger partial charge in [0, 0.05) is 5.56 Å². The minimum absolute atomic E-state index is 0.0157. The van der Waals surface area contributed by atoms with E-state index < -0.39 is 35.2 Å². The minimum atomic E-state index is -3.07. The first-order valence-corrected chi connectivity index (χ1v) is 10.3. The van der Waals surface area contributed by atoms with Crippen molar-refractivity contribution in [3.63, 3.8) is 0 Å². The highest BCUT2D eigenvalue weighted by atomic mass is 35.5. The molecule has 34 heavy (non-hydrogen) atoms. The molecule has 0 spiro atoms. The van der Waals surface area contributed by atoms with Crippen LogP contribution in [-0.4, -0.2) is 31.6 Å². The smallest absolute Gasteiger partial charge is 0.349 e. The van der Waals surface area contributed by atoms with Gasteiger partial charge in [0.05, 0.1) is 27.4 Å². The van der Waals surface area contributed by atoms with Crippen molar-refractivity contribution in [2.24, 2.45) is 0 Å². The Labute approximate surface area is 197 Å². The number of aromatic amines is 2. The van der Waals surface area contributed by atoms with Crippen molar-refractivity contribution in [1.29, 1.82) is 5.26 Å². The van der Waals surface area contributed by atoms with Crippen molar-refractivity contribution in [2.75, 3.05) is 0 Å². The molecule has 11 nitrogen and oxygen atoms in total. The van der Waals surface area contributed by atoms with Crippen LogP contribution in [0.15, 0.2) is 26.5 Å². The molecule has 1 atom stereocenters. The summed E-state index contributed by atoms with van der Waals surface area (Å²) in [7, 11) is 0. The molecule has 2 N–H and O–H groups in total. The van der Waals surface area contributed by atoms with Crippen LogP contribution in [-0.2, 0) is 11.2 Å². The zero-order valence-electron chi connectivity index (χ0n) is 16.8. The first-order chi connectivity index (χ1) is 16.2. The van der Waals surface area contributed by atoms with Gasteiger partial charge in [-0.05, 0) is 31.4 Å². The van der Waals surface area contributed by atoms with Crippen molar-refractivity contribution in [2.45, 2.75) is 32.0 Å². The third-order valence-electron chi connectivity index (χ3n) is 4.93. The number of alkyl halides is 2. The summed E-state index contributed by atoms with van der Waals surface area (Å²) in [5, 5.41) is 18.5. The van der Waals surface area contributed by atoms with Crippen LogP contribution in [0.1, 0.15) is 35.8 Å². The second kappa shape index (κ2) is 9.34. The third-order valence-corrected chi connectivity index (χ3v) is 5.49. The van der Waals surface area contributed by atoms with Crippen LogP contribution in [0.4, 0.5) is 8.78 Å². The normalized spacial score (nSPS) is 15.1. The van der Waals surface area contributed by atoms with Gasteiger partial charge in [-0.2, -0.15) is 18.7 Å². The van der Waals surface area contributed by atoms with E-state index in [-0.39, 0.29) is 44.9 Å². The van der Waals surface area contributed by atoms with Crippen LogP contribution in [0.3, 0.4) is 0 Å². The number of ether oxygens (including phenoxy) is 2. The molecule has 0 saturated heterocycles. The monoisotopic (exact) mass is 512 g/mol. The Morgan fingerprint density at radius 1 is 1.21 bits per heavy atom. The first-order valence-electron chi connectivity index (χ1n) is 9.55. The number of halogens is 4. The lowest BCUT2D eigenvalue weighted by molar-refractivity contribution is -0.168. The number of H-pyrrole nitrogens is 2. The van der Waals surface area contributed by atoms with Crippen LogP contribution >= 0.6 is 23.2 Å². The molecule has 0 bridgehead atoms. The van der Waals surface area contributed by atoms with E-state index in [0.29, 0.717) is 17.5 Å². The lowest BCUT2D eigenvalue weighted by Crippen LogP contribution is -2.33. The van der Waals surface area contributed by atoms with Gasteiger partial charge >= 0.3 is 12.3 Å². The van der Waals surface area contributed by atoms with Crippen molar-refractivity contribution in [1.82, 2.24) is 25.0 Å².